The average Bonchev–Trinajstić information content (AvgIpc) is 2.68. The molecular formula is C18H26IN7O2. The van der Waals surface area contributed by atoms with Gasteiger partial charge in [0.1, 0.15) is 0 Å². The van der Waals surface area contributed by atoms with Crippen LogP contribution in [0.2, 0.25) is 0 Å². The smallest absolute Gasteiger partial charge is 0.323 e. The Morgan fingerprint density at radius 2 is 1.93 bits per heavy atom. The molecule has 0 bridgehead atoms. The van der Waals surface area contributed by atoms with E-state index < -0.39 is 0 Å². The van der Waals surface area contributed by atoms with Crippen molar-refractivity contribution in [3.8, 4) is 6.01 Å². The first-order chi connectivity index (χ1) is 13.6. The van der Waals surface area contributed by atoms with Crippen molar-refractivity contribution in [3.63, 3.8) is 0 Å². The molecule has 1 aliphatic rings. The maximum Gasteiger partial charge on any atom is 0.323 e. The minimum Gasteiger partial charge on any atom is -0.464 e. The van der Waals surface area contributed by atoms with Crippen LogP contribution >= 0.6 is 22.6 Å². The van der Waals surface area contributed by atoms with Crippen LogP contribution in [0.25, 0.3) is 0 Å². The summed E-state index contributed by atoms with van der Waals surface area (Å²) in [4.78, 5) is 15.4. The zero-order valence-corrected chi connectivity index (χ0v) is 18.3. The number of hydrogen-bond acceptors (Lipinski definition) is 9. The van der Waals surface area contributed by atoms with E-state index in [1.54, 1.807) is 0 Å². The summed E-state index contributed by atoms with van der Waals surface area (Å²) < 4.78 is 12.0. The van der Waals surface area contributed by atoms with Crippen molar-refractivity contribution in [3.05, 3.63) is 27.3 Å². The van der Waals surface area contributed by atoms with E-state index >= 15 is 0 Å². The molecule has 0 spiro atoms. The molecule has 1 aromatic heterocycles. The summed E-state index contributed by atoms with van der Waals surface area (Å²) in [5.74, 6) is 0.876. The highest BCUT2D eigenvalue weighted by atomic mass is 127. The van der Waals surface area contributed by atoms with Gasteiger partial charge in [-0.1, -0.05) is 0 Å². The Kier molecular flexibility index (Phi) is 7.86. The van der Waals surface area contributed by atoms with Crippen molar-refractivity contribution in [1.29, 1.82) is 0 Å². The highest BCUT2D eigenvalue weighted by Gasteiger charge is 2.11. The molecule has 0 radical (unpaired) electrons. The van der Waals surface area contributed by atoms with Gasteiger partial charge in [-0.05, 0) is 60.2 Å². The Labute approximate surface area is 178 Å². The fraction of sp³-hybridized carbons (Fsp3) is 0.500. The van der Waals surface area contributed by atoms with E-state index in [9.17, 15) is 0 Å². The molecule has 3 N–H and O–H groups in total. The topological polar surface area (TPSA) is 96.5 Å². The third-order valence-corrected chi connectivity index (χ3v) is 4.87. The number of aromatic nitrogens is 3. The molecule has 1 fully saturated rings. The zero-order valence-electron chi connectivity index (χ0n) is 16.2. The van der Waals surface area contributed by atoms with Crippen LogP contribution in [0, 0.1) is 10.5 Å². The van der Waals surface area contributed by atoms with Gasteiger partial charge in [-0.2, -0.15) is 15.0 Å². The van der Waals surface area contributed by atoms with E-state index in [-0.39, 0.29) is 6.01 Å². The van der Waals surface area contributed by atoms with E-state index in [4.69, 9.17) is 9.47 Å². The van der Waals surface area contributed by atoms with Gasteiger partial charge in [-0.15, -0.1) is 0 Å². The second kappa shape index (κ2) is 10.6. The first-order valence-corrected chi connectivity index (χ1v) is 10.4. The van der Waals surface area contributed by atoms with Crippen molar-refractivity contribution in [2.75, 3.05) is 62.2 Å². The Hall–Kier alpha value is -1.92. The predicted molar refractivity (Wildman–Crippen MR) is 118 cm³/mol. The normalized spacial score (nSPS) is 14.5. The maximum absolute atomic E-state index is 5.48. The Balaban J connectivity index is 1.61. The van der Waals surface area contributed by atoms with Crippen molar-refractivity contribution in [2.24, 2.45) is 0 Å². The third kappa shape index (κ3) is 6.31. The highest BCUT2D eigenvalue weighted by molar-refractivity contribution is 14.1. The molecule has 2 heterocycles. The van der Waals surface area contributed by atoms with Gasteiger partial charge in [-0.3, -0.25) is 15.8 Å². The van der Waals surface area contributed by atoms with E-state index in [0.717, 1.165) is 50.6 Å². The molecule has 1 aliphatic heterocycles. The number of morpholine rings is 1. The number of halogens is 1. The molecule has 0 unspecified atom stereocenters. The van der Waals surface area contributed by atoms with Gasteiger partial charge in [0.25, 0.3) is 0 Å². The van der Waals surface area contributed by atoms with E-state index in [0.29, 0.717) is 18.5 Å². The van der Waals surface area contributed by atoms with Crippen LogP contribution in [0.15, 0.2) is 18.2 Å². The number of hydrazine groups is 1. The summed E-state index contributed by atoms with van der Waals surface area (Å²) in [7, 11) is 0. The average molecular weight is 499 g/mol. The zero-order chi connectivity index (χ0) is 19.8. The van der Waals surface area contributed by atoms with Crippen LogP contribution in [0.3, 0.4) is 0 Å². The Bertz CT molecular complexity index is 772. The molecule has 152 valence electrons. The predicted octanol–water partition coefficient (Wildman–Crippen LogP) is 2.37. The second-order valence-corrected chi connectivity index (χ2v) is 7.53. The second-order valence-electron chi connectivity index (χ2n) is 6.29. The summed E-state index contributed by atoms with van der Waals surface area (Å²) in [6, 6.07) is 6.43. The highest BCUT2D eigenvalue weighted by Crippen LogP contribution is 2.18. The van der Waals surface area contributed by atoms with Crippen LogP contribution in [-0.2, 0) is 4.74 Å². The lowest BCUT2D eigenvalue weighted by Gasteiger charge is -2.26. The molecule has 10 heteroatoms. The third-order valence-electron chi connectivity index (χ3n) is 4.20. The molecule has 9 nitrogen and oxygen atoms in total. The molecular weight excluding hydrogens is 473 g/mol. The maximum atomic E-state index is 5.48. The standard InChI is InChI=1S/C18H26IN7O2/c1-3-28-18-22-16(20-6-7-26-8-10-27-11-9-26)21-17(23-18)25-24-15-5-4-14(19)12-13(15)2/h4-5,12,24H,3,6-11H2,1-2H3,(H2,20,21,22,23,25). The van der Waals surface area contributed by atoms with Crippen LogP contribution in [0.1, 0.15) is 12.5 Å². The molecule has 28 heavy (non-hydrogen) atoms. The molecule has 3 rings (SSSR count). The van der Waals surface area contributed by atoms with E-state index in [2.05, 4.69) is 64.7 Å². The molecule has 0 saturated carbocycles. The van der Waals surface area contributed by atoms with Crippen LogP contribution in [0.4, 0.5) is 17.6 Å². The number of aryl methyl sites for hydroxylation is 1. The first kappa shape index (κ1) is 20.8. The molecule has 1 saturated heterocycles. The number of rotatable bonds is 9. The van der Waals surface area contributed by atoms with Gasteiger partial charge >= 0.3 is 6.01 Å². The monoisotopic (exact) mass is 499 g/mol. The summed E-state index contributed by atoms with van der Waals surface area (Å²) in [5, 5.41) is 3.25. The van der Waals surface area contributed by atoms with Gasteiger partial charge in [0.15, 0.2) is 0 Å². The number of anilines is 3. The lowest BCUT2D eigenvalue weighted by Crippen LogP contribution is -2.39. The Morgan fingerprint density at radius 1 is 1.14 bits per heavy atom. The van der Waals surface area contributed by atoms with Crippen LogP contribution in [0.5, 0.6) is 6.01 Å². The largest absolute Gasteiger partial charge is 0.464 e. The minimum atomic E-state index is 0.287. The van der Waals surface area contributed by atoms with Gasteiger partial charge in [0, 0.05) is 29.7 Å². The van der Waals surface area contributed by atoms with Crippen molar-refractivity contribution in [1.82, 2.24) is 19.9 Å². The fourth-order valence-corrected chi connectivity index (χ4v) is 3.37. The summed E-state index contributed by atoms with van der Waals surface area (Å²) in [6.07, 6.45) is 0. The summed E-state index contributed by atoms with van der Waals surface area (Å²) >= 11 is 2.29. The number of benzene rings is 1. The van der Waals surface area contributed by atoms with Crippen LogP contribution < -0.4 is 20.9 Å². The molecule has 1 aromatic carbocycles. The summed E-state index contributed by atoms with van der Waals surface area (Å²) in [5.41, 5.74) is 8.27. The van der Waals surface area contributed by atoms with E-state index in [1.165, 1.54) is 3.57 Å². The van der Waals surface area contributed by atoms with Crippen molar-refractivity contribution in [2.45, 2.75) is 13.8 Å². The lowest BCUT2D eigenvalue weighted by molar-refractivity contribution is 0.0398. The molecule has 2 aromatic rings. The SMILES string of the molecule is CCOc1nc(NCCN2CCOCC2)nc(NNc2ccc(I)cc2C)n1. The lowest BCUT2D eigenvalue weighted by atomic mass is 10.2. The van der Waals surface area contributed by atoms with E-state index in [1.807, 2.05) is 26.0 Å². The van der Waals surface area contributed by atoms with Gasteiger partial charge in [0.2, 0.25) is 11.9 Å². The van der Waals surface area contributed by atoms with Crippen molar-refractivity contribution < 1.29 is 9.47 Å². The van der Waals surface area contributed by atoms with Crippen LogP contribution in [-0.4, -0.2) is 65.9 Å². The van der Waals surface area contributed by atoms with Crippen molar-refractivity contribution >= 4 is 40.2 Å². The first-order valence-electron chi connectivity index (χ1n) is 9.35. The number of hydrogen-bond donors (Lipinski definition) is 3. The van der Waals surface area contributed by atoms with Gasteiger partial charge in [-0.25, -0.2) is 0 Å². The van der Waals surface area contributed by atoms with Gasteiger partial charge in [0.05, 0.1) is 25.5 Å². The summed E-state index contributed by atoms with van der Waals surface area (Å²) in [6.45, 7) is 9.56. The molecule has 0 aliphatic carbocycles. The van der Waals surface area contributed by atoms with Gasteiger partial charge < -0.3 is 14.8 Å². The number of nitrogens with zero attached hydrogens (tertiary/aromatic N) is 4. The molecule has 0 amide bonds. The minimum absolute atomic E-state index is 0.287. The number of ether oxygens (including phenoxy) is 2. The molecule has 0 atom stereocenters. The fourth-order valence-electron chi connectivity index (χ4n) is 2.73. The number of nitrogens with one attached hydrogen (secondary N) is 3. The Morgan fingerprint density at radius 3 is 2.68 bits per heavy atom. The quantitative estimate of drug-likeness (QED) is 0.355.